The van der Waals surface area contributed by atoms with Crippen LogP contribution >= 0.6 is 7.92 Å². The molecular formula is C31H24N3P. The number of hydrogen-bond acceptors (Lipinski definition) is 3. The van der Waals surface area contributed by atoms with Crippen LogP contribution in [0.1, 0.15) is 5.56 Å². The lowest BCUT2D eigenvalue weighted by Crippen LogP contribution is -2.23. The summed E-state index contributed by atoms with van der Waals surface area (Å²) in [6.45, 7) is 0. The first kappa shape index (κ1) is 22.6. The van der Waals surface area contributed by atoms with Crippen LogP contribution in [0.5, 0.6) is 0 Å². The highest BCUT2D eigenvalue weighted by Gasteiger charge is 2.18. The van der Waals surface area contributed by atoms with Gasteiger partial charge in [-0.3, -0.25) is 4.99 Å². The number of rotatable bonds is 7. The maximum absolute atomic E-state index is 4.78. The molecule has 0 aliphatic carbocycles. The Labute approximate surface area is 207 Å². The maximum Gasteiger partial charge on any atom is 0.0858 e. The second-order valence-corrected chi connectivity index (χ2v) is 10.1. The minimum absolute atomic E-state index is 0.698. The fraction of sp³-hybridized carbons (Fsp3) is 0. The van der Waals surface area contributed by atoms with Crippen molar-refractivity contribution in [3.05, 3.63) is 145 Å². The minimum Gasteiger partial charge on any atom is -0.256 e. The van der Waals surface area contributed by atoms with Crippen molar-refractivity contribution in [2.24, 2.45) is 15.2 Å². The van der Waals surface area contributed by atoms with Crippen LogP contribution in [0, 0.1) is 0 Å². The van der Waals surface area contributed by atoms with Crippen LogP contribution in [0.3, 0.4) is 0 Å². The van der Waals surface area contributed by atoms with Crippen LogP contribution in [-0.4, -0.2) is 6.21 Å². The van der Waals surface area contributed by atoms with Gasteiger partial charge in [0.15, 0.2) is 0 Å². The molecule has 3 nitrogen and oxygen atoms in total. The Balaban J connectivity index is 1.42. The van der Waals surface area contributed by atoms with E-state index in [-0.39, 0.29) is 0 Å². The van der Waals surface area contributed by atoms with Gasteiger partial charge in [0.1, 0.15) is 0 Å². The van der Waals surface area contributed by atoms with Gasteiger partial charge in [0.2, 0.25) is 0 Å². The van der Waals surface area contributed by atoms with Gasteiger partial charge in [0, 0.05) is 11.8 Å². The second kappa shape index (κ2) is 11.3. The number of azo groups is 1. The molecule has 0 atom stereocenters. The van der Waals surface area contributed by atoms with E-state index >= 15 is 0 Å². The van der Waals surface area contributed by atoms with Gasteiger partial charge in [-0.2, -0.15) is 10.2 Å². The Morgan fingerprint density at radius 2 is 0.886 bits per heavy atom. The van der Waals surface area contributed by atoms with E-state index in [1.165, 1.54) is 15.9 Å². The van der Waals surface area contributed by atoms with Crippen molar-refractivity contribution in [1.82, 2.24) is 0 Å². The fourth-order valence-corrected chi connectivity index (χ4v) is 6.16. The zero-order valence-electron chi connectivity index (χ0n) is 19.1. The van der Waals surface area contributed by atoms with Crippen molar-refractivity contribution in [3.8, 4) is 0 Å². The topological polar surface area (TPSA) is 37.1 Å². The molecule has 0 radical (unpaired) electrons. The quantitative estimate of drug-likeness (QED) is 0.134. The SMILES string of the molecule is C(=Nc1ccc(N=Nc2ccccc2)cc1)c1ccccc1P(c1ccccc1)c1ccccc1. The summed E-state index contributed by atoms with van der Waals surface area (Å²) >= 11 is 0. The van der Waals surface area contributed by atoms with Gasteiger partial charge in [0.05, 0.1) is 17.1 Å². The predicted octanol–water partition coefficient (Wildman–Crippen LogP) is 7.61. The largest absolute Gasteiger partial charge is 0.256 e. The van der Waals surface area contributed by atoms with E-state index in [1.807, 2.05) is 60.8 Å². The third-order valence-corrected chi connectivity index (χ3v) is 7.96. The fourth-order valence-electron chi connectivity index (χ4n) is 3.74. The van der Waals surface area contributed by atoms with Crippen molar-refractivity contribution in [1.29, 1.82) is 0 Å². The van der Waals surface area contributed by atoms with E-state index in [0.717, 1.165) is 22.6 Å². The molecule has 4 heteroatoms. The average molecular weight is 470 g/mol. The average Bonchev–Trinajstić information content (AvgIpc) is 2.94. The number of benzene rings is 5. The molecule has 0 heterocycles. The molecule has 5 rings (SSSR count). The molecule has 0 fully saturated rings. The molecule has 0 unspecified atom stereocenters. The van der Waals surface area contributed by atoms with Gasteiger partial charge in [-0.25, -0.2) is 0 Å². The predicted molar refractivity (Wildman–Crippen MR) is 149 cm³/mol. The molecule has 0 spiro atoms. The molecule has 0 N–H and O–H groups in total. The Morgan fingerprint density at radius 1 is 0.429 bits per heavy atom. The summed E-state index contributed by atoms with van der Waals surface area (Å²) in [6, 6.07) is 47.5. The van der Waals surface area contributed by atoms with Gasteiger partial charge in [-0.15, -0.1) is 0 Å². The molecule has 168 valence electrons. The van der Waals surface area contributed by atoms with Crippen molar-refractivity contribution >= 4 is 47.1 Å². The van der Waals surface area contributed by atoms with E-state index in [9.17, 15) is 0 Å². The smallest absolute Gasteiger partial charge is 0.0858 e. The second-order valence-electron chi connectivity index (χ2n) is 7.88. The van der Waals surface area contributed by atoms with E-state index in [4.69, 9.17) is 4.99 Å². The summed E-state index contributed by atoms with van der Waals surface area (Å²) in [6.07, 6.45) is 1.97. The van der Waals surface area contributed by atoms with Gasteiger partial charge in [0.25, 0.3) is 0 Å². The van der Waals surface area contributed by atoms with Gasteiger partial charge in [-0.1, -0.05) is 103 Å². The normalized spacial score (nSPS) is 11.5. The lowest BCUT2D eigenvalue weighted by Gasteiger charge is -2.21. The third-order valence-electron chi connectivity index (χ3n) is 5.45. The van der Waals surface area contributed by atoms with Crippen molar-refractivity contribution in [2.45, 2.75) is 0 Å². The molecule has 5 aromatic carbocycles. The maximum atomic E-state index is 4.78. The zero-order valence-corrected chi connectivity index (χ0v) is 20.0. The summed E-state index contributed by atoms with van der Waals surface area (Å²) in [5.74, 6) is 0. The Bertz CT molecular complexity index is 1380. The van der Waals surface area contributed by atoms with Crippen LogP contribution in [0.15, 0.2) is 155 Å². The van der Waals surface area contributed by atoms with Gasteiger partial charge < -0.3 is 0 Å². The van der Waals surface area contributed by atoms with Crippen molar-refractivity contribution in [3.63, 3.8) is 0 Å². The lowest BCUT2D eigenvalue weighted by molar-refractivity contribution is 1.23. The highest BCUT2D eigenvalue weighted by molar-refractivity contribution is 7.80. The third kappa shape index (κ3) is 5.84. The Morgan fingerprint density at radius 3 is 1.49 bits per heavy atom. The van der Waals surface area contributed by atoms with E-state index in [1.54, 1.807) is 0 Å². The van der Waals surface area contributed by atoms with Crippen LogP contribution < -0.4 is 15.9 Å². The molecule has 0 aliphatic rings. The van der Waals surface area contributed by atoms with Gasteiger partial charge >= 0.3 is 0 Å². The number of hydrogen-bond donors (Lipinski definition) is 0. The summed E-state index contributed by atoms with van der Waals surface area (Å²) in [4.78, 5) is 4.78. The standard InChI is InChI=1S/C31H24N3P/c1-4-13-27(14-5-1)33-34-28-22-20-26(21-23-28)32-24-25-12-10-11-19-31(25)35(29-15-6-2-7-16-29)30-17-8-3-9-18-30/h1-24H. The summed E-state index contributed by atoms with van der Waals surface area (Å²) in [5.41, 5.74) is 3.63. The Kier molecular flexibility index (Phi) is 7.28. The molecular weight excluding hydrogens is 445 g/mol. The Hall–Kier alpha value is -4.20. The van der Waals surface area contributed by atoms with Crippen LogP contribution in [0.4, 0.5) is 17.1 Å². The van der Waals surface area contributed by atoms with Crippen LogP contribution in [0.2, 0.25) is 0 Å². The minimum atomic E-state index is -0.698. The van der Waals surface area contributed by atoms with E-state index in [2.05, 4.69) is 95.2 Å². The highest BCUT2D eigenvalue weighted by Crippen LogP contribution is 2.33. The molecule has 0 amide bonds. The summed E-state index contributed by atoms with van der Waals surface area (Å²) in [7, 11) is -0.698. The molecule has 35 heavy (non-hydrogen) atoms. The number of aliphatic imine (C=N–C) groups is 1. The van der Waals surface area contributed by atoms with Gasteiger partial charge in [-0.05, 0) is 60.2 Å². The lowest BCUT2D eigenvalue weighted by atomic mass is 10.2. The first-order chi connectivity index (χ1) is 17.4. The highest BCUT2D eigenvalue weighted by atomic mass is 31.1. The molecule has 0 bridgehead atoms. The molecule has 0 aliphatic heterocycles. The van der Waals surface area contributed by atoms with Crippen molar-refractivity contribution in [2.75, 3.05) is 0 Å². The summed E-state index contributed by atoms with van der Waals surface area (Å²) < 4.78 is 0. The molecule has 0 saturated heterocycles. The zero-order chi connectivity index (χ0) is 23.7. The van der Waals surface area contributed by atoms with Crippen LogP contribution in [-0.2, 0) is 0 Å². The summed E-state index contributed by atoms with van der Waals surface area (Å²) in [5, 5.41) is 12.5. The monoisotopic (exact) mass is 469 g/mol. The van der Waals surface area contributed by atoms with E-state index in [0.29, 0.717) is 0 Å². The van der Waals surface area contributed by atoms with E-state index < -0.39 is 7.92 Å². The van der Waals surface area contributed by atoms with Crippen molar-refractivity contribution < 1.29 is 0 Å². The molecule has 0 aromatic heterocycles. The number of nitrogens with zero attached hydrogens (tertiary/aromatic N) is 3. The first-order valence-corrected chi connectivity index (χ1v) is 12.8. The molecule has 0 saturated carbocycles. The molecule has 5 aromatic rings. The van der Waals surface area contributed by atoms with Crippen LogP contribution in [0.25, 0.3) is 0 Å². The first-order valence-electron chi connectivity index (χ1n) is 11.5.